The van der Waals surface area contributed by atoms with Gasteiger partial charge in [0, 0.05) is 48.9 Å². The molecule has 4 rings (SSSR count). The van der Waals surface area contributed by atoms with Crippen LogP contribution in [0, 0.1) is 11.6 Å². The van der Waals surface area contributed by atoms with Crippen molar-refractivity contribution in [3.05, 3.63) is 70.8 Å². The number of benzene rings is 2. The fraction of sp³-hybridized carbons (Fsp3) is 0.143. The first-order chi connectivity index (χ1) is 13.9. The average Bonchev–Trinajstić information content (AvgIpc) is 3.13. The molecule has 0 atom stereocenters. The second kappa shape index (κ2) is 7.05. The molecule has 0 bridgehead atoms. The molecule has 2 aromatic carbocycles. The summed E-state index contributed by atoms with van der Waals surface area (Å²) < 4.78 is 36.2. The summed E-state index contributed by atoms with van der Waals surface area (Å²) in [6.07, 6.45) is 3.33. The van der Waals surface area contributed by atoms with E-state index < -0.39 is 11.6 Å². The third-order valence-electron chi connectivity index (χ3n) is 4.62. The van der Waals surface area contributed by atoms with Crippen molar-refractivity contribution in [2.45, 2.75) is 13.5 Å². The number of nitrogens with zero attached hydrogens (tertiary/aromatic N) is 3. The summed E-state index contributed by atoms with van der Waals surface area (Å²) in [5.41, 5.74) is 7.90. The molecule has 4 aromatic rings. The molecule has 0 aliphatic heterocycles. The summed E-state index contributed by atoms with van der Waals surface area (Å²) in [7, 11) is 1.64. The minimum Gasteiger partial charge on any atom is -0.454 e. The molecule has 0 fully saturated rings. The van der Waals surface area contributed by atoms with Gasteiger partial charge >= 0.3 is 0 Å². The predicted molar refractivity (Wildman–Crippen MR) is 107 cm³/mol. The van der Waals surface area contributed by atoms with Gasteiger partial charge in [0.15, 0.2) is 11.6 Å². The monoisotopic (exact) mass is 396 g/mol. The van der Waals surface area contributed by atoms with Crippen LogP contribution >= 0.6 is 0 Å². The number of anilines is 1. The first-order valence-corrected chi connectivity index (χ1v) is 8.97. The minimum absolute atomic E-state index is 0.127. The predicted octanol–water partition coefficient (Wildman–Crippen LogP) is 4.07. The van der Waals surface area contributed by atoms with Crippen LogP contribution in [0.4, 0.5) is 14.5 Å². The van der Waals surface area contributed by atoms with Gasteiger partial charge in [0.1, 0.15) is 17.1 Å². The Kier molecular flexibility index (Phi) is 4.54. The van der Waals surface area contributed by atoms with E-state index in [1.807, 2.05) is 6.92 Å². The smallest absolute Gasteiger partial charge is 0.261 e. The Morgan fingerprint density at radius 1 is 1.07 bits per heavy atom. The zero-order chi connectivity index (χ0) is 20.7. The van der Waals surface area contributed by atoms with Gasteiger partial charge < -0.3 is 15.0 Å². The number of nitrogen functional groups attached to an aromatic ring is 1. The third-order valence-corrected chi connectivity index (χ3v) is 4.62. The van der Waals surface area contributed by atoms with Gasteiger partial charge in [0.05, 0.1) is 5.39 Å². The van der Waals surface area contributed by atoms with E-state index >= 15 is 0 Å². The molecular formula is C21H18F2N4O2. The first-order valence-electron chi connectivity index (χ1n) is 8.97. The van der Waals surface area contributed by atoms with Crippen molar-refractivity contribution in [3.63, 3.8) is 0 Å². The Morgan fingerprint density at radius 3 is 2.55 bits per heavy atom. The number of hydrogen-bond donors (Lipinski definition) is 1. The van der Waals surface area contributed by atoms with E-state index in [4.69, 9.17) is 10.5 Å². The molecule has 0 unspecified atom stereocenters. The molecule has 148 valence electrons. The summed E-state index contributed by atoms with van der Waals surface area (Å²) in [6, 6.07) is 7.96. The first kappa shape index (κ1) is 18.7. The Morgan fingerprint density at radius 2 is 1.83 bits per heavy atom. The molecule has 0 radical (unpaired) electrons. The lowest BCUT2D eigenvalue weighted by Crippen LogP contribution is -2.16. The lowest BCUT2D eigenvalue weighted by atomic mass is 10.0. The van der Waals surface area contributed by atoms with Crippen LogP contribution in [-0.4, -0.2) is 14.3 Å². The van der Waals surface area contributed by atoms with E-state index in [-0.39, 0.29) is 11.3 Å². The lowest BCUT2D eigenvalue weighted by Gasteiger charge is -2.14. The molecule has 29 heavy (non-hydrogen) atoms. The highest BCUT2D eigenvalue weighted by Crippen LogP contribution is 2.38. The van der Waals surface area contributed by atoms with E-state index in [0.29, 0.717) is 40.0 Å². The summed E-state index contributed by atoms with van der Waals surface area (Å²) in [5.74, 6) is -1.35. The molecule has 8 heteroatoms. The van der Waals surface area contributed by atoms with Gasteiger partial charge in [-0.3, -0.25) is 9.48 Å². The van der Waals surface area contributed by atoms with Crippen molar-refractivity contribution in [1.82, 2.24) is 14.3 Å². The lowest BCUT2D eigenvalue weighted by molar-refractivity contribution is 0.439. The summed E-state index contributed by atoms with van der Waals surface area (Å²) in [4.78, 5) is 12.5. The molecule has 6 nitrogen and oxygen atoms in total. The molecule has 0 spiro atoms. The number of hydrogen-bond acceptors (Lipinski definition) is 4. The van der Waals surface area contributed by atoms with E-state index in [0.717, 1.165) is 12.1 Å². The summed E-state index contributed by atoms with van der Waals surface area (Å²) in [5, 5.41) is 4.95. The third kappa shape index (κ3) is 3.33. The molecule has 2 N–H and O–H groups in total. The van der Waals surface area contributed by atoms with Gasteiger partial charge in [-0.2, -0.15) is 5.10 Å². The van der Waals surface area contributed by atoms with Crippen molar-refractivity contribution in [2.75, 3.05) is 5.73 Å². The zero-order valence-corrected chi connectivity index (χ0v) is 15.8. The second-order valence-electron chi connectivity index (χ2n) is 6.64. The highest BCUT2D eigenvalue weighted by Gasteiger charge is 2.18. The number of pyridine rings is 1. The van der Waals surface area contributed by atoms with Gasteiger partial charge in [-0.05, 0) is 37.3 Å². The Balaban J connectivity index is 1.94. The Bertz CT molecular complexity index is 1290. The second-order valence-corrected chi connectivity index (χ2v) is 6.64. The fourth-order valence-corrected chi connectivity index (χ4v) is 3.16. The van der Waals surface area contributed by atoms with Gasteiger partial charge in [-0.25, -0.2) is 8.78 Å². The highest BCUT2D eigenvalue weighted by atomic mass is 19.1. The van der Waals surface area contributed by atoms with Crippen molar-refractivity contribution >= 4 is 16.6 Å². The van der Waals surface area contributed by atoms with E-state index in [9.17, 15) is 13.6 Å². The van der Waals surface area contributed by atoms with E-state index in [2.05, 4.69) is 5.10 Å². The quantitative estimate of drug-likeness (QED) is 0.528. The fourth-order valence-electron chi connectivity index (χ4n) is 3.16. The van der Waals surface area contributed by atoms with Crippen molar-refractivity contribution < 1.29 is 13.5 Å². The Labute approximate surface area is 164 Å². The summed E-state index contributed by atoms with van der Waals surface area (Å²) in [6.45, 7) is 2.51. The van der Waals surface area contributed by atoms with Gasteiger partial charge in [-0.1, -0.05) is 0 Å². The molecule has 0 saturated heterocycles. The molecule has 0 aliphatic rings. The molecule has 0 aliphatic carbocycles. The van der Waals surface area contributed by atoms with Crippen LogP contribution in [0.15, 0.2) is 53.6 Å². The van der Waals surface area contributed by atoms with Crippen LogP contribution in [0.2, 0.25) is 0 Å². The normalized spacial score (nSPS) is 11.2. The maximum atomic E-state index is 14.1. The minimum atomic E-state index is -0.825. The number of aromatic nitrogens is 3. The van der Waals surface area contributed by atoms with Crippen LogP contribution < -0.4 is 16.0 Å². The van der Waals surface area contributed by atoms with Crippen LogP contribution in [0.1, 0.15) is 6.92 Å². The largest absolute Gasteiger partial charge is 0.454 e. The number of halogens is 2. The van der Waals surface area contributed by atoms with Crippen molar-refractivity contribution in [1.29, 1.82) is 0 Å². The maximum absolute atomic E-state index is 14.1. The summed E-state index contributed by atoms with van der Waals surface area (Å²) >= 11 is 0. The van der Waals surface area contributed by atoms with Crippen molar-refractivity contribution in [3.8, 4) is 22.6 Å². The van der Waals surface area contributed by atoms with Crippen LogP contribution in [0.5, 0.6) is 11.5 Å². The number of aryl methyl sites for hydroxylation is 2. The Hall–Kier alpha value is -3.68. The molecule has 0 amide bonds. The molecule has 0 saturated carbocycles. The van der Waals surface area contributed by atoms with Gasteiger partial charge in [0.2, 0.25) is 0 Å². The van der Waals surface area contributed by atoms with E-state index in [1.54, 1.807) is 42.3 Å². The van der Waals surface area contributed by atoms with Gasteiger partial charge in [0.25, 0.3) is 5.56 Å². The molecular weight excluding hydrogens is 378 g/mol. The van der Waals surface area contributed by atoms with Crippen LogP contribution in [0.25, 0.3) is 22.0 Å². The SMILES string of the molecule is CCn1cc2c(=O)n(C)cc(-c3cc(N)ccc3Oc3ccc(F)cc3F)c2n1. The number of rotatable bonds is 4. The van der Waals surface area contributed by atoms with Crippen LogP contribution in [0.3, 0.4) is 0 Å². The average molecular weight is 396 g/mol. The molecule has 2 heterocycles. The van der Waals surface area contributed by atoms with E-state index in [1.165, 1.54) is 10.6 Å². The van der Waals surface area contributed by atoms with Gasteiger partial charge in [-0.15, -0.1) is 0 Å². The molecule has 2 aromatic heterocycles. The number of nitrogens with two attached hydrogens (primary N) is 1. The number of fused-ring (bicyclic) bond motifs is 1. The van der Waals surface area contributed by atoms with Crippen LogP contribution in [-0.2, 0) is 13.6 Å². The topological polar surface area (TPSA) is 75.1 Å². The maximum Gasteiger partial charge on any atom is 0.261 e. The standard InChI is InChI=1S/C21H18F2N4O2/c1-3-27-11-16-20(25-27)15(10-26(2)21(16)28)14-9-13(24)5-7-18(14)29-19-6-4-12(22)8-17(19)23/h4-11H,3,24H2,1-2H3. The zero-order valence-electron chi connectivity index (χ0n) is 15.8. The highest BCUT2D eigenvalue weighted by molar-refractivity contribution is 5.94. The number of ether oxygens (including phenoxy) is 1. The van der Waals surface area contributed by atoms with Crippen molar-refractivity contribution in [2.24, 2.45) is 7.05 Å².